The van der Waals surface area contributed by atoms with E-state index in [4.69, 9.17) is 5.26 Å². The summed E-state index contributed by atoms with van der Waals surface area (Å²) in [5.41, 5.74) is 3.01. The van der Waals surface area contributed by atoms with Gasteiger partial charge in [0.15, 0.2) is 0 Å². The maximum atomic E-state index is 8.91. The van der Waals surface area contributed by atoms with E-state index in [0.717, 1.165) is 22.9 Å². The van der Waals surface area contributed by atoms with Crippen LogP contribution in [0.5, 0.6) is 0 Å². The first-order chi connectivity index (χ1) is 6.35. The summed E-state index contributed by atoms with van der Waals surface area (Å²) in [4.78, 5) is 3.12. The maximum Gasteiger partial charge on any atom is 0.0998 e. The smallest absolute Gasteiger partial charge is 0.0998 e. The minimum Gasteiger partial charge on any atom is -0.361 e. The van der Waals surface area contributed by atoms with Crippen LogP contribution < -0.4 is 0 Å². The summed E-state index contributed by atoms with van der Waals surface area (Å²) in [7, 11) is 0. The molecule has 13 heavy (non-hydrogen) atoms. The highest BCUT2D eigenvalue weighted by atomic mass is 14.7. The largest absolute Gasteiger partial charge is 0.361 e. The number of H-pyrrole nitrogens is 1. The summed E-state index contributed by atoms with van der Waals surface area (Å²) in [6, 6.07) is 8.20. The molecule has 0 radical (unpaired) electrons. The van der Waals surface area contributed by atoms with Gasteiger partial charge in [0.25, 0.3) is 0 Å². The molecule has 0 aliphatic heterocycles. The highest BCUT2D eigenvalue weighted by Crippen LogP contribution is 2.19. The topological polar surface area (TPSA) is 39.6 Å². The van der Waals surface area contributed by atoms with Gasteiger partial charge >= 0.3 is 0 Å². The van der Waals surface area contributed by atoms with Crippen LogP contribution in [0.25, 0.3) is 10.9 Å². The first-order valence-corrected chi connectivity index (χ1v) is 4.35. The number of aryl methyl sites for hydroxylation is 1. The van der Waals surface area contributed by atoms with Gasteiger partial charge in [-0.25, -0.2) is 0 Å². The van der Waals surface area contributed by atoms with Crippen molar-refractivity contribution in [2.75, 3.05) is 0 Å². The van der Waals surface area contributed by atoms with Gasteiger partial charge in [-0.2, -0.15) is 5.26 Å². The van der Waals surface area contributed by atoms with Crippen LogP contribution in [0.15, 0.2) is 24.4 Å². The molecule has 1 aromatic carbocycles. The number of nitrogens with zero attached hydrogens (tertiary/aromatic N) is 1. The molecule has 0 spiro atoms. The summed E-state index contributed by atoms with van der Waals surface area (Å²) in [5.74, 6) is 0. The van der Waals surface area contributed by atoms with Gasteiger partial charge in [-0.3, -0.25) is 0 Å². The minimum atomic E-state index is 0.760. The van der Waals surface area contributed by atoms with Crippen LogP contribution in [0, 0.1) is 11.3 Å². The fourth-order valence-corrected chi connectivity index (χ4v) is 1.52. The summed E-state index contributed by atoms with van der Waals surface area (Å²) in [5, 5.41) is 9.92. The van der Waals surface area contributed by atoms with Gasteiger partial charge < -0.3 is 4.98 Å². The molecule has 0 saturated heterocycles. The number of fused-ring (bicyclic) bond motifs is 1. The van der Waals surface area contributed by atoms with Gasteiger partial charge in [-0.05, 0) is 30.2 Å². The van der Waals surface area contributed by atoms with E-state index in [0.29, 0.717) is 0 Å². The summed E-state index contributed by atoms with van der Waals surface area (Å²) in [6.45, 7) is 2.09. The molecule has 0 fully saturated rings. The third-order valence-electron chi connectivity index (χ3n) is 2.26. The Morgan fingerprint density at radius 3 is 3.00 bits per heavy atom. The second-order valence-electron chi connectivity index (χ2n) is 3.05. The zero-order valence-electron chi connectivity index (χ0n) is 7.46. The molecular weight excluding hydrogens is 160 g/mol. The second-order valence-corrected chi connectivity index (χ2v) is 3.05. The Morgan fingerprint density at radius 1 is 1.46 bits per heavy atom. The number of nitriles is 1. The average molecular weight is 170 g/mol. The highest BCUT2D eigenvalue weighted by Gasteiger charge is 2.02. The SMILES string of the molecule is CCc1cc(C#N)c2cc[nH]c2c1. The molecule has 1 heterocycles. The van der Waals surface area contributed by atoms with Crippen LogP contribution in [0.4, 0.5) is 0 Å². The Morgan fingerprint density at radius 2 is 2.31 bits per heavy atom. The molecule has 1 N–H and O–H groups in total. The molecule has 2 rings (SSSR count). The van der Waals surface area contributed by atoms with Crippen molar-refractivity contribution in [1.82, 2.24) is 4.98 Å². The van der Waals surface area contributed by atoms with Crippen LogP contribution in [0.3, 0.4) is 0 Å². The molecule has 0 aliphatic rings. The number of aromatic amines is 1. The third-order valence-corrected chi connectivity index (χ3v) is 2.26. The van der Waals surface area contributed by atoms with E-state index in [-0.39, 0.29) is 0 Å². The van der Waals surface area contributed by atoms with Crippen molar-refractivity contribution in [2.45, 2.75) is 13.3 Å². The molecule has 0 atom stereocenters. The number of benzene rings is 1. The minimum absolute atomic E-state index is 0.760. The van der Waals surface area contributed by atoms with Gasteiger partial charge in [-0.1, -0.05) is 6.92 Å². The predicted molar refractivity (Wildman–Crippen MR) is 52.4 cm³/mol. The van der Waals surface area contributed by atoms with Crippen molar-refractivity contribution in [3.8, 4) is 6.07 Å². The standard InChI is InChI=1S/C11H10N2/c1-2-8-5-9(7-12)10-3-4-13-11(10)6-8/h3-6,13H,2H2,1H3. The number of hydrogen-bond acceptors (Lipinski definition) is 1. The van der Waals surface area contributed by atoms with Crippen molar-refractivity contribution in [3.63, 3.8) is 0 Å². The normalized spacial score (nSPS) is 10.2. The van der Waals surface area contributed by atoms with Crippen LogP contribution >= 0.6 is 0 Å². The van der Waals surface area contributed by atoms with E-state index in [1.165, 1.54) is 5.56 Å². The quantitative estimate of drug-likeness (QED) is 0.702. The molecule has 2 aromatic rings. The van der Waals surface area contributed by atoms with E-state index in [1.807, 2.05) is 18.3 Å². The first kappa shape index (κ1) is 7.88. The van der Waals surface area contributed by atoms with Gasteiger partial charge in [0, 0.05) is 17.1 Å². The van der Waals surface area contributed by atoms with Crippen molar-refractivity contribution in [3.05, 3.63) is 35.5 Å². The van der Waals surface area contributed by atoms with Crippen molar-refractivity contribution < 1.29 is 0 Å². The zero-order valence-corrected chi connectivity index (χ0v) is 7.46. The van der Waals surface area contributed by atoms with E-state index in [2.05, 4.69) is 24.0 Å². The lowest BCUT2D eigenvalue weighted by atomic mass is 10.1. The Kier molecular flexibility index (Phi) is 1.79. The molecule has 1 aromatic heterocycles. The Labute approximate surface area is 76.8 Å². The van der Waals surface area contributed by atoms with Crippen molar-refractivity contribution in [1.29, 1.82) is 5.26 Å². The van der Waals surface area contributed by atoms with Crippen molar-refractivity contribution in [2.24, 2.45) is 0 Å². The molecule has 2 nitrogen and oxygen atoms in total. The molecule has 0 unspecified atom stereocenters. The fourth-order valence-electron chi connectivity index (χ4n) is 1.52. The monoisotopic (exact) mass is 170 g/mol. The Balaban J connectivity index is 2.79. The fraction of sp³-hybridized carbons (Fsp3) is 0.182. The lowest BCUT2D eigenvalue weighted by Gasteiger charge is -1.98. The number of hydrogen-bond donors (Lipinski definition) is 1. The molecule has 0 aliphatic carbocycles. The van der Waals surface area contributed by atoms with Crippen LogP contribution in [-0.2, 0) is 6.42 Å². The molecule has 0 bridgehead atoms. The first-order valence-electron chi connectivity index (χ1n) is 4.35. The van der Waals surface area contributed by atoms with E-state index in [1.54, 1.807) is 0 Å². The highest BCUT2D eigenvalue weighted by molar-refractivity contribution is 5.86. The second kappa shape index (κ2) is 2.95. The lowest BCUT2D eigenvalue weighted by molar-refractivity contribution is 1.14. The number of nitrogens with one attached hydrogen (secondary N) is 1. The maximum absolute atomic E-state index is 8.91. The third kappa shape index (κ3) is 1.19. The van der Waals surface area contributed by atoms with Gasteiger partial charge in [0.2, 0.25) is 0 Å². The summed E-state index contributed by atoms with van der Waals surface area (Å²) in [6.07, 6.45) is 2.83. The zero-order chi connectivity index (χ0) is 9.26. The predicted octanol–water partition coefficient (Wildman–Crippen LogP) is 2.60. The van der Waals surface area contributed by atoms with E-state index in [9.17, 15) is 0 Å². The molecule has 2 heteroatoms. The van der Waals surface area contributed by atoms with Crippen LogP contribution in [0.1, 0.15) is 18.1 Å². The average Bonchev–Trinajstić information content (AvgIpc) is 2.63. The molecule has 0 amide bonds. The van der Waals surface area contributed by atoms with Crippen LogP contribution in [0.2, 0.25) is 0 Å². The summed E-state index contributed by atoms with van der Waals surface area (Å²) >= 11 is 0. The van der Waals surface area contributed by atoms with Gasteiger partial charge in [0.05, 0.1) is 11.6 Å². The van der Waals surface area contributed by atoms with Gasteiger partial charge in [-0.15, -0.1) is 0 Å². The molecular formula is C11H10N2. The molecule has 0 saturated carbocycles. The van der Waals surface area contributed by atoms with Crippen LogP contribution in [-0.4, -0.2) is 4.98 Å². The lowest BCUT2D eigenvalue weighted by Crippen LogP contribution is -1.83. The van der Waals surface area contributed by atoms with E-state index >= 15 is 0 Å². The summed E-state index contributed by atoms with van der Waals surface area (Å²) < 4.78 is 0. The van der Waals surface area contributed by atoms with Crippen molar-refractivity contribution >= 4 is 10.9 Å². The van der Waals surface area contributed by atoms with E-state index < -0.39 is 0 Å². The molecule has 64 valence electrons. The Bertz CT molecular complexity index is 474. The number of aromatic nitrogens is 1. The number of rotatable bonds is 1. The van der Waals surface area contributed by atoms with Gasteiger partial charge in [0.1, 0.15) is 0 Å². The Hall–Kier alpha value is -1.75.